The third kappa shape index (κ3) is 4.66. The van der Waals surface area contributed by atoms with E-state index in [0.29, 0.717) is 26.6 Å². The number of phenols is 1. The van der Waals surface area contributed by atoms with E-state index in [-0.39, 0.29) is 28.5 Å². The molecule has 6 aromatic rings. The fourth-order valence-electron chi connectivity index (χ4n) is 4.05. The van der Waals surface area contributed by atoms with E-state index in [4.69, 9.17) is 6.57 Å². The molecule has 40 heavy (non-hydrogen) atoms. The van der Waals surface area contributed by atoms with Crippen molar-refractivity contribution in [2.45, 2.75) is 0 Å². The van der Waals surface area contributed by atoms with Gasteiger partial charge in [-0.25, -0.2) is 4.85 Å². The van der Waals surface area contributed by atoms with Crippen LogP contribution in [0, 0.1) is 6.57 Å². The molecule has 6 rings (SSSR count). The molecule has 2 aromatic heterocycles. The average Bonchev–Trinajstić information content (AvgIpc) is 3.64. The number of carbonyl (C=O) groups excluding carboxylic acids is 1. The van der Waals surface area contributed by atoms with Gasteiger partial charge >= 0.3 is 0 Å². The Balaban J connectivity index is 1.41. The quantitative estimate of drug-likeness (QED) is 0.167. The van der Waals surface area contributed by atoms with Crippen LogP contribution in [0.15, 0.2) is 107 Å². The monoisotopic (exact) mass is 542 g/mol. The largest absolute Gasteiger partial charge is 0.505 e. The summed E-state index contributed by atoms with van der Waals surface area (Å²) in [6.45, 7) is 7.59. The summed E-state index contributed by atoms with van der Waals surface area (Å²) in [4.78, 5) is 16.6. The summed E-state index contributed by atoms with van der Waals surface area (Å²) in [7, 11) is 0. The lowest BCUT2D eigenvalue weighted by Crippen LogP contribution is -2.12. The molecule has 0 saturated heterocycles. The van der Waals surface area contributed by atoms with Crippen LogP contribution < -0.4 is 5.32 Å². The Kier molecular flexibility index (Phi) is 6.50. The third-order valence-electron chi connectivity index (χ3n) is 5.98. The molecule has 192 valence electrons. The smallest absolute Gasteiger partial charge is 0.259 e. The fraction of sp³-hybridized carbons (Fsp3) is 0. The van der Waals surface area contributed by atoms with Crippen molar-refractivity contribution in [1.29, 1.82) is 0 Å². The molecule has 0 aliphatic carbocycles. The summed E-state index contributed by atoms with van der Waals surface area (Å²) < 4.78 is 1.38. The van der Waals surface area contributed by atoms with E-state index in [1.807, 2.05) is 48.5 Å². The van der Waals surface area contributed by atoms with Gasteiger partial charge in [0.2, 0.25) is 5.13 Å². The number of anilines is 1. The van der Waals surface area contributed by atoms with Crippen molar-refractivity contribution >= 4 is 50.9 Å². The zero-order chi connectivity index (χ0) is 27.5. The van der Waals surface area contributed by atoms with Gasteiger partial charge in [0.15, 0.2) is 11.6 Å². The van der Waals surface area contributed by atoms with Crippen molar-refractivity contribution in [3.63, 3.8) is 0 Å². The van der Waals surface area contributed by atoms with Gasteiger partial charge in [0.1, 0.15) is 10.7 Å². The number of hydrogen-bond donors (Lipinski definition) is 2. The van der Waals surface area contributed by atoms with Gasteiger partial charge in [0.05, 0.1) is 18.3 Å². The normalized spacial score (nSPS) is 11.1. The zero-order valence-corrected chi connectivity index (χ0v) is 21.4. The Morgan fingerprint density at radius 2 is 1.68 bits per heavy atom. The van der Waals surface area contributed by atoms with Gasteiger partial charge in [-0.1, -0.05) is 84.1 Å². The molecule has 0 bridgehead atoms. The number of amides is 1. The zero-order valence-electron chi connectivity index (χ0n) is 20.6. The van der Waals surface area contributed by atoms with E-state index in [0.717, 1.165) is 5.56 Å². The van der Waals surface area contributed by atoms with Crippen molar-refractivity contribution < 1.29 is 9.90 Å². The standard InChI is InChI=1S/C29H18N8O2S/c1-30-23-17-31-37(29-36-35-28(40-29)18-10-4-2-5-11-18)26(23)34-33-24-21-15-9-8-12-19(21)16-22(25(24)38)27(39)32-20-13-6-3-7-14-20/h2-17,38H,(H,32,39)/b34-33+. The molecule has 11 heteroatoms. The van der Waals surface area contributed by atoms with E-state index < -0.39 is 5.91 Å². The molecule has 4 aromatic carbocycles. The van der Waals surface area contributed by atoms with Crippen molar-refractivity contribution in [3.05, 3.63) is 114 Å². The molecule has 0 saturated carbocycles. The highest BCUT2D eigenvalue weighted by Gasteiger charge is 2.20. The lowest BCUT2D eigenvalue weighted by molar-refractivity contribution is 0.102. The Morgan fingerprint density at radius 3 is 2.45 bits per heavy atom. The van der Waals surface area contributed by atoms with Gasteiger partial charge in [-0.2, -0.15) is 9.78 Å². The molecule has 0 aliphatic rings. The van der Waals surface area contributed by atoms with Crippen LogP contribution in [0.1, 0.15) is 10.4 Å². The summed E-state index contributed by atoms with van der Waals surface area (Å²) in [6.07, 6.45) is 1.37. The summed E-state index contributed by atoms with van der Waals surface area (Å²) >= 11 is 1.28. The second-order valence-corrected chi connectivity index (χ2v) is 9.45. The molecule has 0 spiro atoms. The molecule has 0 unspecified atom stereocenters. The summed E-state index contributed by atoms with van der Waals surface area (Å²) in [5.74, 6) is -0.720. The van der Waals surface area contributed by atoms with Crippen LogP contribution in [0.3, 0.4) is 0 Å². The number of aromatic nitrogens is 4. The first-order chi connectivity index (χ1) is 19.6. The number of rotatable bonds is 6. The number of benzene rings is 4. The predicted molar refractivity (Wildman–Crippen MR) is 153 cm³/mol. The molecule has 0 radical (unpaired) electrons. The van der Waals surface area contributed by atoms with Crippen LogP contribution in [-0.4, -0.2) is 31.0 Å². The van der Waals surface area contributed by atoms with E-state index in [1.54, 1.807) is 42.5 Å². The molecule has 1 amide bonds. The topological polar surface area (TPSA) is 122 Å². The second-order valence-electron chi connectivity index (χ2n) is 8.50. The molecule has 0 fully saturated rings. The van der Waals surface area contributed by atoms with Gasteiger partial charge in [0.25, 0.3) is 11.6 Å². The van der Waals surface area contributed by atoms with E-state index >= 15 is 0 Å². The highest BCUT2D eigenvalue weighted by atomic mass is 32.1. The number of azo groups is 1. The first-order valence-corrected chi connectivity index (χ1v) is 12.8. The SMILES string of the molecule is [C-]#[N+]c1cnn(-c2nnc(-c3ccccc3)s2)c1/N=N/c1c(O)c(C(=O)Nc2ccccc2)cc2ccccc12. The van der Waals surface area contributed by atoms with Gasteiger partial charge in [-0.3, -0.25) is 4.79 Å². The van der Waals surface area contributed by atoms with Crippen LogP contribution in [0.5, 0.6) is 5.75 Å². The number of phenolic OH excluding ortho intramolecular Hbond substituents is 1. The van der Waals surface area contributed by atoms with Crippen molar-refractivity contribution in [2.24, 2.45) is 10.2 Å². The Bertz CT molecular complexity index is 1920. The molecular weight excluding hydrogens is 524 g/mol. The number of nitrogens with one attached hydrogen (secondary N) is 1. The summed E-state index contributed by atoms with van der Waals surface area (Å²) in [5.41, 5.74) is 1.74. The predicted octanol–water partition coefficient (Wildman–Crippen LogP) is 7.47. The average molecular weight is 543 g/mol. The molecule has 0 atom stereocenters. The number of aromatic hydroxyl groups is 1. The second kappa shape index (κ2) is 10.6. The lowest BCUT2D eigenvalue weighted by atomic mass is 10.0. The molecule has 2 heterocycles. The number of nitrogens with zero attached hydrogens (tertiary/aromatic N) is 7. The summed E-state index contributed by atoms with van der Waals surface area (Å²) in [6, 6.07) is 27.3. The number of fused-ring (bicyclic) bond motifs is 1. The number of para-hydroxylation sites is 1. The molecular formula is C29H18N8O2S. The maximum absolute atomic E-state index is 13.1. The van der Waals surface area contributed by atoms with Gasteiger partial charge in [-0.05, 0) is 23.6 Å². The van der Waals surface area contributed by atoms with E-state index in [1.165, 1.54) is 22.2 Å². The maximum Gasteiger partial charge on any atom is 0.259 e. The molecule has 2 N–H and O–H groups in total. The van der Waals surface area contributed by atoms with Gasteiger partial charge in [0, 0.05) is 16.6 Å². The van der Waals surface area contributed by atoms with Crippen LogP contribution in [-0.2, 0) is 0 Å². The highest BCUT2D eigenvalue weighted by Crippen LogP contribution is 2.41. The van der Waals surface area contributed by atoms with Crippen LogP contribution in [0.2, 0.25) is 0 Å². The minimum absolute atomic E-state index is 0.0343. The first-order valence-electron chi connectivity index (χ1n) is 12.0. The van der Waals surface area contributed by atoms with Crippen LogP contribution in [0.25, 0.3) is 31.3 Å². The molecule has 10 nitrogen and oxygen atoms in total. The van der Waals surface area contributed by atoms with Crippen LogP contribution in [0.4, 0.5) is 22.9 Å². The Morgan fingerprint density at radius 1 is 0.950 bits per heavy atom. The summed E-state index contributed by atoms with van der Waals surface area (Å²) in [5, 5.41) is 37.7. The number of hydrogen-bond acceptors (Lipinski definition) is 8. The molecule has 0 aliphatic heterocycles. The Labute approximate surface area is 231 Å². The first kappa shape index (κ1) is 24.6. The minimum Gasteiger partial charge on any atom is -0.505 e. The maximum atomic E-state index is 13.1. The highest BCUT2D eigenvalue weighted by molar-refractivity contribution is 7.17. The van der Waals surface area contributed by atoms with Crippen molar-refractivity contribution in [2.75, 3.05) is 5.32 Å². The Hall–Kier alpha value is -5.73. The van der Waals surface area contributed by atoms with E-state index in [9.17, 15) is 9.90 Å². The van der Waals surface area contributed by atoms with E-state index in [2.05, 4.69) is 35.7 Å². The van der Waals surface area contributed by atoms with Crippen molar-refractivity contribution in [3.8, 4) is 21.5 Å². The van der Waals surface area contributed by atoms with Crippen LogP contribution >= 0.6 is 11.3 Å². The van der Waals surface area contributed by atoms with Gasteiger partial charge < -0.3 is 10.4 Å². The van der Waals surface area contributed by atoms with Crippen molar-refractivity contribution in [1.82, 2.24) is 20.0 Å². The lowest BCUT2D eigenvalue weighted by Gasteiger charge is -2.11. The minimum atomic E-state index is -0.500. The number of carbonyl (C=O) groups is 1. The van der Waals surface area contributed by atoms with Gasteiger partial charge in [-0.15, -0.1) is 20.4 Å². The fourth-order valence-corrected chi connectivity index (χ4v) is 4.86. The third-order valence-corrected chi connectivity index (χ3v) is 6.93.